The highest BCUT2D eigenvalue weighted by atomic mass is 16.1. The van der Waals surface area contributed by atoms with Crippen molar-refractivity contribution >= 4 is 16.7 Å². The molecule has 0 saturated heterocycles. The van der Waals surface area contributed by atoms with E-state index in [1.165, 1.54) is 16.3 Å². The first-order valence-corrected chi connectivity index (χ1v) is 7.74. The number of nitrogens with one attached hydrogen (secondary N) is 1. The van der Waals surface area contributed by atoms with E-state index in [2.05, 4.69) is 29.6 Å². The third-order valence-corrected chi connectivity index (χ3v) is 4.63. The number of carbonyl (C=O) groups excluding carboxylic acids is 1. The Bertz CT molecular complexity index is 633. The van der Waals surface area contributed by atoms with Gasteiger partial charge in [-0.3, -0.25) is 4.79 Å². The zero-order valence-corrected chi connectivity index (χ0v) is 12.2. The van der Waals surface area contributed by atoms with Crippen LogP contribution in [0.4, 0.5) is 0 Å². The highest BCUT2D eigenvalue weighted by molar-refractivity contribution is 5.86. The fourth-order valence-corrected chi connectivity index (χ4v) is 3.42. The second-order valence-electron chi connectivity index (χ2n) is 5.89. The summed E-state index contributed by atoms with van der Waals surface area (Å²) in [7, 11) is 0. The minimum absolute atomic E-state index is 0.102. The van der Waals surface area contributed by atoms with Crippen LogP contribution in [0.15, 0.2) is 42.5 Å². The van der Waals surface area contributed by atoms with E-state index in [0.29, 0.717) is 19.0 Å². The van der Waals surface area contributed by atoms with Gasteiger partial charge in [0.1, 0.15) is 0 Å². The van der Waals surface area contributed by atoms with Crippen LogP contribution in [0.1, 0.15) is 24.8 Å². The van der Waals surface area contributed by atoms with Crippen LogP contribution in [0.3, 0.4) is 0 Å². The van der Waals surface area contributed by atoms with Crippen molar-refractivity contribution in [2.45, 2.75) is 25.8 Å². The number of fused-ring (bicyclic) bond motifs is 1. The van der Waals surface area contributed by atoms with Gasteiger partial charge in [0, 0.05) is 12.5 Å². The topological polar surface area (TPSA) is 55.1 Å². The molecule has 0 bridgehead atoms. The first kappa shape index (κ1) is 14.1. The Labute approximate surface area is 125 Å². The Morgan fingerprint density at radius 3 is 2.81 bits per heavy atom. The smallest absolute Gasteiger partial charge is 0.223 e. The molecule has 1 fully saturated rings. The van der Waals surface area contributed by atoms with Gasteiger partial charge in [-0.15, -0.1) is 0 Å². The SMILES string of the molecule is NC[C@H]1CCC[C@H]1C(=O)NCc1cccc2ccccc12. The number of carbonyl (C=O) groups is 1. The van der Waals surface area contributed by atoms with Gasteiger partial charge in [-0.05, 0) is 41.6 Å². The molecule has 3 rings (SSSR count). The molecule has 1 saturated carbocycles. The number of rotatable bonds is 4. The van der Waals surface area contributed by atoms with Crippen molar-refractivity contribution in [2.75, 3.05) is 6.54 Å². The highest BCUT2D eigenvalue weighted by Crippen LogP contribution is 2.31. The predicted molar refractivity (Wildman–Crippen MR) is 85.7 cm³/mol. The van der Waals surface area contributed by atoms with Crippen molar-refractivity contribution < 1.29 is 4.79 Å². The van der Waals surface area contributed by atoms with Crippen molar-refractivity contribution in [1.82, 2.24) is 5.32 Å². The van der Waals surface area contributed by atoms with Crippen LogP contribution in [0.25, 0.3) is 10.8 Å². The molecule has 0 spiro atoms. The molecule has 1 aliphatic carbocycles. The molecule has 1 amide bonds. The van der Waals surface area contributed by atoms with Gasteiger partial charge in [0.05, 0.1) is 0 Å². The quantitative estimate of drug-likeness (QED) is 0.906. The van der Waals surface area contributed by atoms with Crippen molar-refractivity contribution in [1.29, 1.82) is 0 Å². The third-order valence-electron chi connectivity index (χ3n) is 4.63. The molecular formula is C18H22N2O. The number of hydrogen-bond donors (Lipinski definition) is 2. The molecule has 0 unspecified atom stereocenters. The van der Waals surface area contributed by atoms with Crippen LogP contribution in [0.5, 0.6) is 0 Å². The molecule has 0 aliphatic heterocycles. The second kappa shape index (κ2) is 6.27. The van der Waals surface area contributed by atoms with Gasteiger partial charge in [0.2, 0.25) is 5.91 Å². The summed E-state index contributed by atoms with van der Waals surface area (Å²) in [6.07, 6.45) is 3.18. The standard InChI is InChI=1S/C18H22N2O/c19-11-14-7-4-10-17(14)18(21)20-12-15-8-3-6-13-5-1-2-9-16(13)15/h1-3,5-6,8-9,14,17H,4,7,10-12,19H2,(H,20,21)/t14-,17-/m1/s1. The summed E-state index contributed by atoms with van der Waals surface area (Å²) in [5.41, 5.74) is 6.93. The number of amides is 1. The maximum atomic E-state index is 12.4. The molecule has 110 valence electrons. The molecule has 0 heterocycles. The van der Waals surface area contributed by atoms with E-state index in [-0.39, 0.29) is 11.8 Å². The first-order valence-electron chi connectivity index (χ1n) is 7.74. The van der Waals surface area contributed by atoms with E-state index in [9.17, 15) is 4.79 Å². The molecule has 1 aliphatic rings. The Balaban J connectivity index is 1.70. The van der Waals surface area contributed by atoms with Crippen LogP contribution in [-0.4, -0.2) is 12.5 Å². The largest absolute Gasteiger partial charge is 0.352 e. The lowest BCUT2D eigenvalue weighted by molar-refractivity contribution is -0.126. The van der Waals surface area contributed by atoms with Crippen LogP contribution < -0.4 is 11.1 Å². The lowest BCUT2D eigenvalue weighted by Crippen LogP contribution is -2.34. The van der Waals surface area contributed by atoms with Crippen molar-refractivity contribution in [2.24, 2.45) is 17.6 Å². The first-order chi connectivity index (χ1) is 10.3. The van der Waals surface area contributed by atoms with Gasteiger partial charge in [-0.25, -0.2) is 0 Å². The average molecular weight is 282 g/mol. The maximum absolute atomic E-state index is 12.4. The molecule has 21 heavy (non-hydrogen) atoms. The molecule has 2 atom stereocenters. The zero-order valence-electron chi connectivity index (χ0n) is 12.2. The van der Waals surface area contributed by atoms with Crippen molar-refractivity contribution in [3.8, 4) is 0 Å². The number of benzene rings is 2. The molecule has 0 aromatic heterocycles. The Morgan fingerprint density at radius 2 is 1.95 bits per heavy atom. The predicted octanol–water partition coefficient (Wildman–Crippen LogP) is 2.83. The molecule has 3 nitrogen and oxygen atoms in total. The van der Waals surface area contributed by atoms with Crippen LogP contribution in [0, 0.1) is 11.8 Å². The van der Waals surface area contributed by atoms with Crippen molar-refractivity contribution in [3.63, 3.8) is 0 Å². The molecule has 2 aromatic rings. The average Bonchev–Trinajstić information content (AvgIpc) is 3.01. The molecular weight excluding hydrogens is 260 g/mol. The summed E-state index contributed by atoms with van der Waals surface area (Å²) in [4.78, 5) is 12.4. The van der Waals surface area contributed by atoms with E-state index in [1.54, 1.807) is 0 Å². The molecule has 0 radical (unpaired) electrons. The van der Waals surface area contributed by atoms with Gasteiger partial charge < -0.3 is 11.1 Å². The van der Waals surface area contributed by atoms with E-state index in [1.807, 2.05) is 18.2 Å². The van der Waals surface area contributed by atoms with E-state index >= 15 is 0 Å². The number of hydrogen-bond acceptors (Lipinski definition) is 2. The van der Waals surface area contributed by atoms with E-state index in [4.69, 9.17) is 5.73 Å². The third kappa shape index (κ3) is 2.93. The summed E-state index contributed by atoms with van der Waals surface area (Å²) in [5, 5.41) is 5.53. The molecule has 2 aromatic carbocycles. The van der Waals surface area contributed by atoms with Gasteiger partial charge in [0.15, 0.2) is 0 Å². The minimum Gasteiger partial charge on any atom is -0.352 e. The molecule has 3 N–H and O–H groups in total. The van der Waals surface area contributed by atoms with Gasteiger partial charge in [-0.2, -0.15) is 0 Å². The summed E-state index contributed by atoms with van der Waals surface area (Å²) in [5.74, 6) is 0.623. The lowest BCUT2D eigenvalue weighted by Gasteiger charge is -2.17. The normalized spacial score (nSPS) is 21.6. The van der Waals surface area contributed by atoms with E-state index < -0.39 is 0 Å². The Morgan fingerprint density at radius 1 is 1.14 bits per heavy atom. The fourth-order valence-electron chi connectivity index (χ4n) is 3.42. The summed E-state index contributed by atoms with van der Waals surface area (Å²) < 4.78 is 0. The van der Waals surface area contributed by atoms with E-state index in [0.717, 1.165) is 19.3 Å². The lowest BCUT2D eigenvalue weighted by atomic mass is 9.95. The van der Waals surface area contributed by atoms with Crippen LogP contribution >= 0.6 is 0 Å². The highest BCUT2D eigenvalue weighted by Gasteiger charge is 2.31. The van der Waals surface area contributed by atoms with Crippen LogP contribution in [0.2, 0.25) is 0 Å². The second-order valence-corrected chi connectivity index (χ2v) is 5.89. The Kier molecular flexibility index (Phi) is 4.20. The van der Waals surface area contributed by atoms with Crippen molar-refractivity contribution in [3.05, 3.63) is 48.0 Å². The van der Waals surface area contributed by atoms with Gasteiger partial charge in [-0.1, -0.05) is 48.9 Å². The minimum atomic E-state index is 0.102. The monoisotopic (exact) mass is 282 g/mol. The fraction of sp³-hybridized carbons (Fsp3) is 0.389. The maximum Gasteiger partial charge on any atom is 0.223 e. The summed E-state index contributed by atoms with van der Waals surface area (Å²) in [6.45, 7) is 1.21. The zero-order chi connectivity index (χ0) is 14.7. The van der Waals surface area contributed by atoms with Crippen LogP contribution in [-0.2, 0) is 11.3 Å². The Hall–Kier alpha value is -1.87. The molecule has 3 heteroatoms. The number of nitrogens with two attached hydrogens (primary N) is 1. The van der Waals surface area contributed by atoms with Gasteiger partial charge >= 0.3 is 0 Å². The summed E-state index contributed by atoms with van der Waals surface area (Å²) in [6, 6.07) is 14.5. The summed E-state index contributed by atoms with van der Waals surface area (Å²) >= 11 is 0. The van der Waals surface area contributed by atoms with Gasteiger partial charge in [0.25, 0.3) is 0 Å².